The molecule has 2 aromatic rings. The molecule has 0 aliphatic heterocycles. The minimum absolute atomic E-state index is 0.0846. The van der Waals surface area contributed by atoms with Crippen molar-refractivity contribution in [2.24, 2.45) is 0 Å². The smallest absolute Gasteiger partial charge is 0.251 e. The van der Waals surface area contributed by atoms with Crippen LogP contribution in [0.25, 0.3) is 0 Å². The third kappa shape index (κ3) is 5.39. The quantitative estimate of drug-likeness (QED) is 0.759. The van der Waals surface area contributed by atoms with Crippen LogP contribution in [0.15, 0.2) is 48.5 Å². The summed E-state index contributed by atoms with van der Waals surface area (Å²) in [6, 6.07) is 13.7. The maximum atomic E-state index is 11.9. The lowest BCUT2D eigenvalue weighted by Crippen LogP contribution is -2.32. The molecular formula is C17H17ClN2O3. The Labute approximate surface area is 139 Å². The van der Waals surface area contributed by atoms with Gasteiger partial charge in [-0.25, -0.2) is 0 Å². The number of carbonyl (C=O) groups excluding carboxylic acids is 2. The van der Waals surface area contributed by atoms with E-state index in [4.69, 9.17) is 16.7 Å². The molecule has 0 saturated carbocycles. The fraction of sp³-hybridized carbons (Fsp3) is 0.176. The Morgan fingerprint density at radius 1 is 1.09 bits per heavy atom. The number of carbonyl (C=O) groups is 2. The molecule has 3 N–H and O–H groups in total. The van der Waals surface area contributed by atoms with Crippen LogP contribution in [-0.4, -0.2) is 30.1 Å². The standard InChI is InChI=1S/C17H17ClN2O3/c18-14-3-1-2-13(10-14)17(23)19-11-16(22)20-15-6-4-12(5-7-15)8-9-21/h1-7,10,21H,8-9,11H2,(H,19,23)(H,20,22). The summed E-state index contributed by atoms with van der Waals surface area (Å²) in [4.78, 5) is 23.7. The van der Waals surface area contributed by atoms with Crippen LogP contribution in [0.4, 0.5) is 5.69 Å². The van der Waals surface area contributed by atoms with Gasteiger partial charge in [0.1, 0.15) is 0 Å². The number of nitrogens with one attached hydrogen (secondary N) is 2. The molecule has 0 aliphatic rings. The second kappa shape index (κ2) is 8.31. The minimum atomic E-state index is -0.360. The first-order valence-corrected chi connectivity index (χ1v) is 7.49. The van der Waals surface area contributed by atoms with Crippen molar-refractivity contribution in [1.29, 1.82) is 0 Å². The second-order valence-corrected chi connectivity index (χ2v) is 5.35. The summed E-state index contributed by atoms with van der Waals surface area (Å²) in [7, 11) is 0. The van der Waals surface area contributed by atoms with Gasteiger partial charge in [0, 0.05) is 22.9 Å². The molecule has 0 radical (unpaired) electrons. The van der Waals surface area contributed by atoms with Crippen LogP contribution >= 0.6 is 11.6 Å². The second-order valence-electron chi connectivity index (χ2n) is 4.91. The number of aliphatic hydroxyl groups is 1. The zero-order chi connectivity index (χ0) is 16.7. The van der Waals surface area contributed by atoms with Gasteiger partial charge in [-0.05, 0) is 42.3 Å². The van der Waals surface area contributed by atoms with E-state index in [1.165, 1.54) is 6.07 Å². The fourth-order valence-corrected chi connectivity index (χ4v) is 2.17. The Balaban J connectivity index is 1.84. The zero-order valence-corrected chi connectivity index (χ0v) is 13.1. The van der Waals surface area contributed by atoms with Crippen molar-refractivity contribution in [2.75, 3.05) is 18.5 Å². The highest BCUT2D eigenvalue weighted by Gasteiger charge is 2.08. The topological polar surface area (TPSA) is 78.4 Å². The first kappa shape index (κ1) is 17.0. The summed E-state index contributed by atoms with van der Waals surface area (Å²) in [6.07, 6.45) is 0.573. The van der Waals surface area contributed by atoms with Crippen molar-refractivity contribution in [1.82, 2.24) is 5.32 Å². The van der Waals surface area contributed by atoms with E-state index in [2.05, 4.69) is 10.6 Å². The highest BCUT2D eigenvalue weighted by atomic mass is 35.5. The lowest BCUT2D eigenvalue weighted by molar-refractivity contribution is -0.115. The Hall–Kier alpha value is -2.37. The Bertz CT molecular complexity index is 686. The lowest BCUT2D eigenvalue weighted by atomic mass is 10.1. The van der Waals surface area contributed by atoms with Crippen LogP contribution in [0, 0.1) is 0 Å². The molecule has 0 unspecified atom stereocenters. The number of aliphatic hydroxyl groups excluding tert-OH is 1. The van der Waals surface area contributed by atoms with Gasteiger partial charge in [0.05, 0.1) is 6.54 Å². The van der Waals surface area contributed by atoms with E-state index in [9.17, 15) is 9.59 Å². The SMILES string of the molecule is O=C(CNC(=O)c1cccc(Cl)c1)Nc1ccc(CCO)cc1. The predicted molar refractivity (Wildman–Crippen MR) is 89.6 cm³/mol. The number of benzene rings is 2. The molecule has 0 aliphatic carbocycles. The summed E-state index contributed by atoms with van der Waals surface area (Å²) >= 11 is 5.82. The summed E-state index contributed by atoms with van der Waals surface area (Å²) in [5.41, 5.74) is 2.02. The van der Waals surface area contributed by atoms with Crippen molar-refractivity contribution < 1.29 is 14.7 Å². The molecule has 2 amide bonds. The van der Waals surface area contributed by atoms with E-state index in [0.717, 1.165) is 5.56 Å². The van der Waals surface area contributed by atoms with Crippen molar-refractivity contribution in [3.8, 4) is 0 Å². The Morgan fingerprint density at radius 3 is 2.48 bits per heavy atom. The third-order valence-corrected chi connectivity index (χ3v) is 3.37. The number of hydrogen-bond donors (Lipinski definition) is 3. The minimum Gasteiger partial charge on any atom is -0.396 e. The highest BCUT2D eigenvalue weighted by Crippen LogP contribution is 2.11. The van der Waals surface area contributed by atoms with Gasteiger partial charge in [-0.1, -0.05) is 29.8 Å². The molecular weight excluding hydrogens is 316 g/mol. The molecule has 0 fully saturated rings. The van der Waals surface area contributed by atoms with Crippen LogP contribution in [0.5, 0.6) is 0 Å². The van der Waals surface area contributed by atoms with Crippen molar-refractivity contribution in [3.05, 3.63) is 64.7 Å². The third-order valence-electron chi connectivity index (χ3n) is 3.13. The lowest BCUT2D eigenvalue weighted by Gasteiger charge is -2.08. The molecule has 0 atom stereocenters. The van der Waals surface area contributed by atoms with Crippen LogP contribution < -0.4 is 10.6 Å². The number of anilines is 1. The molecule has 0 aromatic heterocycles. The van der Waals surface area contributed by atoms with Crippen LogP contribution in [0.2, 0.25) is 5.02 Å². The first-order chi connectivity index (χ1) is 11.1. The summed E-state index contributed by atoms with van der Waals surface area (Å²) in [6.45, 7) is -0.0506. The maximum Gasteiger partial charge on any atom is 0.251 e. The Morgan fingerprint density at radius 2 is 1.83 bits per heavy atom. The molecule has 6 heteroatoms. The van der Waals surface area contributed by atoms with Gasteiger partial charge >= 0.3 is 0 Å². The number of halogens is 1. The predicted octanol–water partition coefficient (Wildman–Crippen LogP) is 2.24. The van der Waals surface area contributed by atoms with Crippen molar-refractivity contribution in [3.63, 3.8) is 0 Å². The molecule has 5 nitrogen and oxygen atoms in total. The molecule has 0 bridgehead atoms. The Kier molecular flexibility index (Phi) is 6.14. The van der Waals surface area contributed by atoms with E-state index >= 15 is 0 Å². The molecule has 2 aromatic carbocycles. The monoisotopic (exact) mass is 332 g/mol. The molecule has 23 heavy (non-hydrogen) atoms. The van der Waals surface area contributed by atoms with Crippen LogP contribution in [0.3, 0.4) is 0 Å². The average molecular weight is 333 g/mol. The number of rotatable bonds is 6. The van der Waals surface area contributed by atoms with E-state index in [0.29, 0.717) is 22.7 Å². The zero-order valence-electron chi connectivity index (χ0n) is 12.4. The van der Waals surface area contributed by atoms with Gasteiger partial charge in [0.25, 0.3) is 5.91 Å². The summed E-state index contributed by atoms with van der Waals surface area (Å²) in [5, 5.41) is 14.5. The van der Waals surface area contributed by atoms with E-state index in [-0.39, 0.29) is 25.0 Å². The number of amides is 2. The molecule has 120 valence electrons. The van der Waals surface area contributed by atoms with Gasteiger partial charge in [-0.2, -0.15) is 0 Å². The molecule has 2 rings (SSSR count). The van der Waals surface area contributed by atoms with Crippen LogP contribution in [-0.2, 0) is 11.2 Å². The van der Waals surface area contributed by atoms with Crippen LogP contribution in [0.1, 0.15) is 15.9 Å². The molecule has 0 heterocycles. The molecule has 0 saturated heterocycles. The van der Waals surface area contributed by atoms with E-state index in [1.807, 2.05) is 12.1 Å². The molecule has 0 spiro atoms. The largest absolute Gasteiger partial charge is 0.396 e. The maximum absolute atomic E-state index is 11.9. The normalized spacial score (nSPS) is 10.2. The average Bonchev–Trinajstić information content (AvgIpc) is 2.55. The van der Waals surface area contributed by atoms with Gasteiger partial charge in [-0.15, -0.1) is 0 Å². The van der Waals surface area contributed by atoms with Gasteiger partial charge in [0.2, 0.25) is 5.91 Å². The highest BCUT2D eigenvalue weighted by molar-refractivity contribution is 6.31. The fourth-order valence-electron chi connectivity index (χ4n) is 1.98. The van der Waals surface area contributed by atoms with E-state index in [1.54, 1.807) is 30.3 Å². The summed E-state index contributed by atoms with van der Waals surface area (Å²) in [5.74, 6) is -0.684. The van der Waals surface area contributed by atoms with Gasteiger partial charge in [-0.3, -0.25) is 9.59 Å². The van der Waals surface area contributed by atoms with Gasteiger partial charge in [0.15, 0.2) is 0 Å². The van der Waals surface area contributed by atoms with Gasteiger partial charge < -0.3 is 15.7 Å². The van der Waals surface area contributed by atoms with E-state index < -0.39 is 0 Å². The summed E-state index contributed by atoms with van der Waals surface area (Å²) < 4.78 is 0. The first-order valence-electron chi connectivity index (χ1n) is 7.12. The number of hydrogen-bond acceptors (Lipinski definition) is 3. The van der Waals surface area contributed by atoms with Crippen molar-refractivity contribution in [2.45, 2.75) is 6.42 Å². The van der Waals surface area contributed by atoms with Crippen molar-refractivity contribution >= 4 is 29.1 Å².